The van der Waals surface area contributed by atoms with Gasteiger partial charge in [-0.25, -0.2) is 4.98 Å². The van der Waals surface area contributed by atoms with Crippen molar-refractivity contribution in [1.82, 2.24) is 10.3 Å². The number of methoxy groups -OCH3 is 3. The summed E-state index contributed by atoms with van der Waals surface area (Å²) in [5.74, 6) is 2.25. The largest absolute Gasteiger partial charge is 0.493 e. The number of benzene rings is 2. The van der Waals surface area contributed by atoms with Gasteiger partial charge in [0.15, 0.2) is 23.9 Å². The van der Waals surface area contributed by atoms with Crippen LogP contribution in [0.5, 0.6) is 28.9 Å². The van der Waals surface area contributed by atoms with E-state index in [9.17, 15) is 4.79 Å². The lowest BCUT2D eigenvalue weighted by molar-refractivity contribution is -0.125. The topological polar surface area (TPSA) is 127 Å². The Morgan fingerprint density at radius 1 is 1.00 bits per heavy atom. The average Bonchev–Trinajstić information content (AvgIpc) is 2.87. The van der Waals surface area contributed by atoms with Crippen LogP contribution >= 0.6 is 0 Å². The smallest absolute Gasteiger partial charge is 0.261 e. The summed E-state index contributed by atoms with van der Waals surface area (Å²) in [6.07, 6.45) is 1.50. The Bertz CT molecular complexity index is 1100. The Balaban J connectivity index is 1.50. The molecule has 1 aromatic heterocycles. The van der Waals surface area contributed by atoms with Gasteiger partial charge in [0, 0.05) is 24.4 Å². The van der Waals surface area contributed by atoms with E-state index in [-0.39, 0.29) is 24.9 Å². The average molecular weight is 466 g/mol. The lowest BCUT2D eigenvalue weighted by Gasteiger charge is -2.14. The van der Waals surface area contributed by atoms with Crippen LogP contribution in [0, 0.1) is 0 Å². The molecule has 34 heavy (non-hydrogen) atoms. The van der Waals surface area contributed by atoms with Gasteiger partial charge in [-0.2, -0.15) is 0 Å². The van der Waals surface area contributed by atoms with Crippen LogP contribution in [0.2, 0.25) is 0 Å². The maximum Gasteiger partial charge on any atom is 0.261 e. The minimum Gasteiger partial charge on any atom is -0.493 e. The first-order valence-electron chi connectivity index (χ1n) is 10.2. The third kappa shape index (κ3) is 6.52. The van der Waals surface area contributed by atoms with Crippen LogP contribution in [0.4, 0.5) is 0 Å². The predicted octanol–water partition coefficient (Wildman–Crippen LogP) is 2.85. The van der Waals surface area contributed by atoms with E-state index in [0.717, 1.165) is 5.56 Å². The van der Waals surface area contributed by atoms with Crippen LogP contribution < -0.4 is 30.0 Å². The summed E-state index contributed by atoms with van der Waals surface area (Å²) in [5.41, 5.74) is 7.20. The van der Waals surface area contributed by atoms with Crippen molar-refractivity contribution in [3.05, 3.63) is 71.9 Å². The van der Waals surface area contributed by atoms with Gasteiger partial charge >= 0.3 is 0 Å². The highest BCUT2D eigenvalue weighted by Gasteiger charge is 2.13. The molecule has 0 aliphatic heterocycles. The van der Waals surface area contributed by atoms with Gasteiger partial charge in [-0.1, -0.05) is 23.4 Å². The normalized spacial score (nSPS) is 10.9. The second-order valence-electron chi connectivity index (χ2n) is 6.86. The molecule has 3 N–H and O–H groups in total. The molecule has 178 valence electrons. The number of carbonyl (C=O) groups excluding carboxylic acids is 1. The summed E-state index contributed by atoms with van der Waals surface area (Å²) in [6.45, 7) is -0.0847. The number of amidine groups is 1. The van der Waals surface area contributed by atoms with Crippen molar-refractivity contribution in [2.24, 2.45) is 10.9 Å². The number of amides is 1. The molecule has 0 saturated heterocycles. The maximum absolute atomic E-state index is 12.1. The lowest BCUT2D eigenvalue weighted by Crippen LogP contribution is -2.27. The van der Waals surface area contributed by atoms with E-state index in [2.05, 4.69) is 15.5 Å². The van der Waals surface area contributed by atoms with E-state index in [1.165, 1.54) is 27.5 Å². The second kappa shape index (κ2) is 12.0. The number of pyridine rings is 1. The molecular weight excluding hydrogens is 440 g/mol. The molecule has 10 nitrogen and oxygen atoms in total. The number of carbonyl (C=O) groups is 1. The summed E-state index contributed by atoms with van der Waals surface area (Å²) in [4.78, 5) is 21.4. The summed E-state index contributed by atoms with van der Waals surface area (Å²) >= 11 is 0. The molecule has 2 aromatic carbocycles. The molecule has 1 heterocycles. The molecule has 0 saturated carbocycles. The number of hydrogen-bond acceptors (Lipinski definition) is 8. The highest BCUT2D eigenvalue weighted by molar-refractivity contribution is 5.96. The van der Waals surface area contributed by atoms with Crippen molar-refractivity contribution in [3.8, 4) is 28.9 Å². The predicted molar refractivity (Wildman–Crippen MR) is 125 cm³/mol. The maximum atomic E-state index is 12.1. The second-order valence-corrected chi connectivity index (χ2v) is 6.86. The Labute approximate surface area is 197 Å². The van der Waals surface area contributed by atoms with E-state index in [4.69, 9.17) is 29.5 Å². The molecule has 1 amide bonds. The summed E-state index contributed by atoms with van der Waals surface area (Å²) < 4.78 is 21.5. The molecule has 0 spiro atoms. The first kappa shape index (κ1) is 24.2. The fourth-order valence-electron chi connectivity index (χ4n) is 2.90. The number of oxime groups is 1. The van der Waals surface area contributed by atoms with Gasteiger partial charge in [0.1, 0.15) is 5.75 Å². The number of ether oxygens (including phenoxy) is 4. The minimum absolute atomic E-state index is 0.0798. The minimum atomic E-state index is -0.380. The van der Waals surface area contributed by atoms with Crippen molar-refractivity contribution in [2.75, 3.05) is 27.9 Å². The molecule has 10 heteroatoms. The number of nitrogens with one attached hydrogen (secondary N) is 1. The number of hydrogen-bond donors (Lipinski definition) is 2. The highest BCUT2D eigenvalue weighted by atomic mass is 16.6. The zero-order valence-electron chi connectivity index (χ0n) is 19.1. The Hall–Kier alpha value is -4.47. The Morgan fingerprint density at radius 2 is 1.71 bits per heavy atom. The van der Waals surface area contributed by atoms with Gasteiger partial charge in [0.05, 0.1) is 21.3 Å². The van der Waals surface area contributed by atoms with Crippen molar-refractivity contribution < 1.29 is 28.6 Å². The number of aromatic nitrogens is 1. The molecule has 0 radical (unpaired) electrons. The third-order valence-electron chi connectivity index (χ3n) is 4.57. The third-order valence-corrected chi connectivity index (χ3v) is 4.57. The van der Waals surface area contributed by atoms with Gasteiger partial charge in [-0.05, 0) is 35.9 Å². The summed E-state index contributed by atoms with van der Waals surface area (Å²) in [5, 5.41) is 6.51. The number of rotatable bonds is 11. The first-order valence-corrected chi connectivity index (χ1v) is 10.2. The molecule has 0 bridgehead atoms. The monoisotopic (exact) mass is 466 g/mol. The van der Waals surface area contributed by atoms with Crippen molar-refractivity contribution >= 4 is 11.7 Å². The fraction of sp³-hybridized carbons (Fsp3) is 0.208. The molecule has 0 aliphatic rings. The van der Waals surface area contributed by atoms with Crippen LogP contribution in [0.1, 0.15) is 11.1 Å². The molecule has 3 aromatic rings. The van der Waals surface area contributed by atoms with E-state index in [1.807, 2.05) is 30.3 Å². The number of nitrogens with two attached hydrogens (primary N) is 1. The molecule has 0 unspecified atom stereocenters. The van der Waals surface area contributed by atoms with Gasteiger partial charge in [0.2, 0.25) is 11.6 Å². The van der Waals surface area contributed by atoms with E-state index in [0.29, 0.717) is 34.4 Å². The SMILES string of the molecule is COc1cc(CNC(=O)CO/N=C(/N)c2ccc(Oc3ccccc3)nc2)cc(OC)c1OC. The first-order chi connectivity index (χ1) is 16.5. The molecule has 0 atom stereocenters. The molecule has 3 rings (SSSR count). The highest BCUT2D eigenvalue weighted by Crippen LogP contribution is 2.38. The Morgan fingerprint density at radius 3 is 2.29 bits per heavy atom. The fourth-order valence-corrected chi connectivity index (χ4v) is 2.90. The van der Waals surface area contributed by atoms with Crippen LogP contribution in [-0.2, 0) is 16.2 Å². The standard InChI is InChI=1S/C24H26N4O6/c1-30-19-11-16(12-20(31-2)23(19)32-3)13-26-21(29)15-33-28-24(25)17-9-10-22(27-14-17)34-18-7-5-4-6-8-18/h4-12,14H,13,15H2,1-3H3,(H2,25,28)(H,26,29). The summed E-state index contributed by atoms with van der Waals surface area (Å²) in [7, 11) is 4.57. The zero-order chi connectivity index (χ0) is 24.3. The number of nitrogens with zero attached hydrogens (tertiary/aromatic N) is 2. The van der Waals surface area contributed by atoms with Crippen molar-refractivity contribution in [3.63, 3.8) is 0 Å². The van der Waals surface area contributed by atoms with E-state index < -0.39 is 0 Å². The van der Waals surface area contributed by atoms with Gasteiger partial charge in [-0.15, -0.1) is 0 Å². The summed E-state index contributed by atoms with van der Waals surface area (Å²) in [6, 6.07) is 16.1. The quantitative estimate of drug-likeness (QED) is 0.251. The van der Waals surface area contributed by atoms with E-state index >= 15 is 0 Å². The van der Waals surface area contributed by atoms with Crippen molar-refractivity contribution in [1.29, 1.82) is 0 Å². The van der Waals surface area contributed by atoms with Gasteiger partial charge in [-0.3, -0.25) is 4.79 Å². The van der Waals surface area contributed by atoms with Crippen LogP contribution in [0.15, 0.2) is 65.9 Å². The molecular formula is C24H26N4O6. The van der Waals surface area contributed by atoms with Crippen LogP contribution in [0.25, 0.3) is 0 Å². The van der Waals surface area contributed by atoms with E-state index in [1.54, 1.807) is 24.3 Å². The van der Waals surface area contributed by atoms with Crippen LogP contribution in [0.3, 0.4) is 0 Å². The van der Waals surface area contributed by atoms with Crippen molar-refractivity contribution in [2.45, 2.75) is 6.54 Å². The van der Waals surface area contributed by atoms with Crippen LogP contribution in [-0.4, -0.2) is 44.7 Å². The molecule has 0 aliphatic carbocycles. The molecule has 0 fully saturated rings. The van der Waals surface area contributed by atoms with Gasteiger partial charge < -0.3 is 34.8 Å². The Kier molecular flexibility index (Phi) is 8.50. The zero-order valence-corrected chi connectivity index (χ0v) is 19.1. The lowest BCUT2D eigenvalue weighted by atomic mass is 10.1. The number of para-hydroxylation sites is 1. The van der Waals surface area contributed by atoms with Gasteiger partial charge in [0.25, 0.3) is 5.91 Å².